The molecule has 0 aliphatic rings. The van der Waals surface area contributed by atoms with Crippen molar-refractivity contribution in [1.82, 2.24) is 0 Å². The maximum absolute atomic E-state index is 10.7. The van der Waals surface area contributed by atoms with Gasteiger partial charge in [0.2, 0.25) is 0 Å². The van der Waals surface area contributed by atoms with E-state index in [1.807, 2.05) is 25.1 Å². The van der Waals surface area contributed by atoms with E-state index >= 15 is 0 Å². The third-order valence-electron chi connectivity index (χ3n) is 2.72. The van der Waals surface area contributed by atoms with E-state index in [0.29, 0.717) is 11.1 Å². The van der Waals surface area contributed by atoms with Gasteiger partial charge in [0, 0.05) is 22.2 Å². The van der Waals surface area contributed by atoms with Crippen LogP contribution in [0.15, 0.2) is 45.3 Å². The fourth-order valence-electron chi connectivity index (χ4n) is 1.65. The third kappa shape index (κ3) is 3.58. The van der Waals surface area contributed by atoms with Gasteiger partial charge in [0.25, 0.3) is 5.69 Å². The molecule has 0 bridgehead atoms. The van der Waals surface area contributed by atoms with Gasteiger partial charge in [-0.05, 0) is 46.6 Å². The number of aryl methyl sites for hydroxylation is 1. The van der Waals surface area contributed by atoms with Crippen LogP contribution in [0, 0.1) is 17.0 Å². The first-order chi connectivity index (χ1) is 9.47. The monoisotopic (exact) mass is 399 g/mol. The topological polar surface area (TPSA) is 52.4 Å². The number of hydrogen-bond acceptors (Lipinski definition) is 3. The van der Waals surface area contributed by atoms with E-state index in [0.717, 1.165) is 21.3 Å². The second-order valence-corrected chi connectivity index (χ2v) is 5.96. The Balaban J connectivity index is 2.13. The van der Waals surface area contributed by atoms with E-state index < -0.39 is 4.92 Å². The summed E-state index contributed by atoms with van der Waals surface area (Å²) in [6.07, 6.45) is 0. The molecule has 2 aromatic rings. The number of halogens is 2. The van der Waals surface area contributed by atoms with Crippen LogP contribution in [-0.4, -0.2) is 4.92 Å². The molecule has 0 heterocycles. The Morgan fingerprint density at radius 1 is 1.15 bits per heavy atom. The van der Waals surface area contributed by atoms with Gasteiger partial charge in [0.05, 0.1) is 9.40 Å². The number of hydrogen-bond donors (Lipinski definition) is 0. The molecule has 0 N–H and O–H groups in total. The van der Waals surface area contributed by atoms with E-state index in [-0.39, 0.29) is 5.69 Å². The minimum absolute atomic E-state index is 0.0529. The van der Waals surface area contributed by atoms with Gasteiger partial charge in [-0.3, -0.25) is 10.1 Å². The molecule has 2 aromatic carbocycles. The van der Waals surface area contributed by atoms with Crippen LogP contribution in [0.3, 0.4) is 0 Å². The summed E-state index contributed by atoms with van der Waals surface area (Å²) in [7, 11) is 0. The van der Waals surface area contributed by atoms with Crippen molar-refractivity contribution in [3.63, 3.8) is 0 Å². The number of nitro benzene ring substituents is 1. The van der Waals surface area contributed by atoms with Crippen LogP contribution in [0.5, 0.6) is 5.75 Å². The smallest absolute Gasteiger partial charge is 0.270 e. The van der Waals surface area contributed by atoms with Crippen molar-refractivity contribution in [2.45, 2.75) is 13.5 Å². The van der Waals surface area contributed by atoms with E-state index in [9.17, 15) is 10.1 Å². The molecule has 0 fully saturated rings. The molecule has 104 valence electrons. The Hall–Kier alpha value is -1.40. The molecule has 0 aliphatic carbocycles. The average molecular weight is 401 g/mol. The zero-order chi connectivity index (χ0) is 14.7. The van der Waals surface area contributed by atoms with Gasteiger partial charge in [-0.25, -0.2) is 0 Å². The van der Waals surface area contributed by atoms with E-state index in [1.165, 1.54) is 12.1 Å². The third-order valence-corrected chi connectivity index (χ3v) is 4.08. The minimum atomic E-state index is -0.425. The lowest BCUT2D eigenvalue weighted by Gasteiger charge is -2.10. The first-order valence-electron chi connectivity index (χ1n) is 5.79. The van der Waals surface area contributed by atoms with Crippen molar-refractivity contribution >= 4 is 37.5 Å². The molecule has 0 aliphatic heterocycles. The average Bonchev–Trinajstić information content (AvgIpc) is 2.38. The molecular formula is C14H11Br2NO3. The molecule has 0 saturated heterocycles. The Bertz CT molecular complexity index is 659. The predicted molar refractivity (Wildman–Crippen MR) is 84.0 cm³/mol. The van der Waals surface area contributed by atoms with E-state index in [4.69, 9.17) is 4.74 Å². The van der Waals surface area contributed by atoms with Gasteiger partial charge in [0.1, 0.15) is 12.4 Å². The lowest BCUT2D eigenvalue weighted by Crippen LogP contribution is -1.98. The highest BCUT2D eigenvalue weighted by Crippen LogP contribution is 2.28. The van der Waals surface area contributed by atoms with Gasteiger partial charge < -0.3 is 4.74 Å². The van der Waals surface area contributed by atoms with Gasteiger partial charge in [0.15, 0.2) is 0 Å². The summed E-state index contributed by atoms with van der Waals surface area (Å²) in [4.78, 5) is 10.2. The summed E-state index contributed by atoms with van der Waals surface area (Å²) < 4.78 is 7.26. The van der Waals surface area contributed by atoms with Crippen LogP contribution in [0.4, 0.5) is 5.69 Å². The minimum Gasteiger partial charge on any atom is -0.488 e. The molecule has 0 saturated carbocycles. The van der Waals surface area contributed by atoms with Gasteiger partial charge in [-0.15, -0.1) is 0 Å². The Kier molecular flexibility index (Phi) is 4.77. The Labute approximate surface area is 133 Å². The van der Waals surface area contributed by atoms with Crippen molar-refractivity contribution in [2.75, 3.05) is 0 Å². The molecule has 0 amide bonds. The maximum Gasteiger partial charge on any atom is 0.270 e. The van der Waals surface area contributed by atoms with Gasteiger partial charge in [-0.2, -0.15) is 0 Å². The number of ether oxygens (including phenoxy) is 1. The summed E-state index contributed by atoms with van der Waals surface area (Å²) in [5, 5.41) is 10.7. The fraction of sp³-hybridized carbons (Fsp3) is 0.143. The predicted octanol–water partition coefficient (Wildman–Crippen LogP) is 5.01. The molecule has 20 heavy (non-hydrogen) atoms. The quantitative estimate of drug-likeness (QED) is 0.535. The van der Waals surface area contributed by atoms with Crippen molar-refractivity contribution in [3.05, 3.63) is 66.6 Å². The molecule has 0 aromatic heterocycles. The number of nitro groups is 1. The number of non-ortho nitro benzene ring substituents is 1. The zero-order valence-corrected chi connectivity index (χ0v) is 13.8. The number of benzene rings is 2. The lowest BCUT2D eigenvalue weighted by atomic mass is 10.2. The summed E-state index contributed by atoms with van der Waals surface area (Å²) in [5.41, 5.74) is 2.04. The van der Waals surface area contributed by atoms with Crippen LogP contribution >= 0.6 is 31.9 Å². The normalized spacial score (nSPS) is 10.3. The first-order valence-corrected chi connectivity index (χ1v) is 7.38. The Morgan fingerprint density at radius 2 is 1.90 bits per heavy atom. The highest BCUT2D eigenvalue weighted by molar-refractivity contribution is 9.10. The SMILES string of the molecule is Cc1ccc(OCc2ccc([N+](=O)[O-])cc2Br)c(Br)c1. The molecule has 0 spiro atoms. The van der Waals surface area contributed by atoms with Crippen molar-refractivity contribution < 1.29 is 9.66 Å². The maximum atomic E-state index is 10.7. The van der Waals surface area contributed by atoms with Crippen LogP contribution in [0.2, 0.25) is 0 Å². The van der Waals surface area contributed by atoms with Crippen LogP contribution < -0.4 is 4.74 Å². The van der Waals surface area contributed by atoms with E-state index in [1.54, 1.807) is 6.07 Å². The lowest BCUT2D eigenvalue weighted by molar-refractivity contribution is -0.384. The molecule has 0 atom stereocenters. The van der Waals surface area contributed by atoms with Crippen molar-refractivity contribution in [2.24, 2.45) is 0 Å². The standard InChI is InChI=1S/C14H11Br2NO3/c1-9-2-5-14(13(16)6-9)20-8-10-3-4-11(17(18)19)7-12(10)15/h2-7H,8H2,1H3. The summed E-state index contributed by atoms with van der Waals surface area (Å²) in [5.74, 6) is 0.737. The Morgan fingerprint density at radius 3 is 2.50 bits per heavy atom. The van der Waals surface area contributed by atoms with Crippen molar-refractivity contribution in [1.29, 1.82) is 0 Å². The molecular weight excluding hydrogens is 390 g/mol. The summed E-state index contributed by atoms with van der Waals surface area (Å²) in [6, 6.07) is 10.4. The summed E-state index contributed by atoms with van der Waals surface area (Å²) >= 11 is 6.77. The number of rotatable bonds is 4. The second kappa shape index (κ2) is 6.37. The zero-order valence-electron chi connectivity index (χ0n) is 10.6. The van der Waals surface area contributed by atoms with Crippen molar-refractivity contribution in [3.8, 4) is 5.75 Å². The molecule has 2 rings (SSSR count). The molecule has 6 heteroatoms. The summed E-state index contributed by atoms with van der Waals surface area (Å²) in [6.45, 7) is 2.34. The highest BCUT2D eigenvalue weighted by Gasteiger charge is 2.10. The van der Waals surface area contributed by atoms with Gasteiger partial charge >= 0.3 is 0 Å². The highest BCUT2D eigenvalue weighted by atomic mass is 79.9. The van der Waals surface area contributed by atoms with E-state index in [2.05, 4.69) is 31.9 Å². The first kappa shape index (κ1) is 15.0. The van der Waals surface area contributed by atoms with Gasteiger partial charge in [-0.1, -0.05) is 22.0 Å². The molecule has 0 radical (unpaired) electrons. The van der Waals surface area contributed by atoms with Crippen LogP contribution in [0.25, 0.3) is 0 Å². The van der Waals surface area contributed by atoms with Crippen LogP contribution in [-0.2, 0) is 6.61 Å². The fourth-order valence-corrected chi connectivity index (χ4v) is 2.73. The second-order valence-electron chi connectivity index (χ2n) is 4.26. The molecule has 0 unspecified atom stereocenters. The largest absolute Gasteiger partial charge is 0.488 e. The number of nitrogens with zero attached hydrogens (tertiary/aromatic N) is 1. The van der Waals surface area contributed by atoms with Crippen LogP contribution in [0.1, 0.15) is 11.1 Å². The molecule has 4 nitrogen and oxygen atoms in total.